The Balaban J connectivity index is 2.02. The summed E-state index contributed by atoms with van der Waals surface area (Å²) in [6.07, 6.45) is 0. The lowest BCUT2D eigenvalue weighted by Crippen LogP contribution is -2.30. The molecule has 0 aromatic heterocycles. The van der Waals surface area contributed by atoms with Gasteiger partial charge in [0.25, 0.3) is 0 Å². The van der Waals surface area contributed by atoms with Crippen LogP contribution < -0.4 is 0 Å². The second-order valence-corrected chi connectivity index (χ2v) is 8.49. The van der Waals surface area contributed by atoms with Crippen molar-refractivity contribution in [2.24, 2.45) is 0 Å². The fourth-order valence-corrected chi connectivity index (χ4v) is 4.77. The van der Waals surface area contributed by atoms with Crippen LogP contribution in [-0.4, -0.2) is 12.7 Å². The summed E-state index contributed by atoms with van der Waals surface area (Å²) in [5.74, 6) is 0. The van der Waals surface area contributed by atoms with Crippen molar-refractivity contribution in [3.05, 3.63) is 100 Å². The number of hydrogen-bond acceptors (Lipinski definition) is 2. The highest BCUT2D eigenvalue weighted by atomic mass is 35.5. The zero-order chi connectivity index (χ0) is 18.6. The Hall–Kier alpha value is -1.85. The van der Waals surface area contributed by atoms with Crippen LogP contribution in [0.4, 0.5) is 0 Å². The van der Waals surface area contributed by atoms with Crippen LogP contribution in [-0.2, 0) is 23.1 Å². The first-order valence-electron chi connectivity index (χ1n) is 8.00. The third kappa shape index (κ3) is 4.27. The first-order chi connectivity index (χ1) is 12.5. The van der Waals surface area contributed by atoms with Crippen molar-refractivity contribution >= 4 is 33.2 Å². The standard InChI is InChI=1S/C20H17Cl2NO2S/c21-18-12-7-13-19(20(18)22)26(24,25)23(14-16-8-3-1-4-9-16)15-17-10-5-2-6-11-17/h1-13H,14-15H2. The normalized spacial score (nSPS) is 11.7. The second kappa shape index (κ2) is 8.23. The van der Waals surface area contributed by atoms with Crippen LogP contribution in [0.3, 0.4) is 0 Å². The average molecular weight is 406 g/mol. The van der Waals surface area contributed by atoms with Crippen LogP contribution in [0.25, 0.3) is 0 Å². The molecule has 0 saturated carbocycles. The van der Waals surface area contributed by atoms with Crippen molar-refractivity contribution in [2.75, 3.05) is 0 Å². The number of halogens is 2. The van der Waals surface area contributed by atoms with E-state index >= 15 is 0 Å². The highest BCUT2D eigenvalue weighted by molar-refractivity contribution is 7.89. The summed E-state index contributed by atoms with van der Waals surface area (Å²) in [6, 6.07) is 23.5. The quantitative estimate of drug-likeness (QED) is 0.551. The molecule has 0 fully saturated rings. The summed E-state index contributed by atoms with van der Waals surface area (Å²) < 4.78 is 28.0. The van der Waals surface area contributed by atoms with Gasteiger partial charge in [-0.1, -0.05) is 89.9 Å². The smallest absolute Gasteiger partial charge is 0.207 e. The van der Waals surface area contributed by atoms with Crippen molar-refractivity contribution in [3.8, 4) is 0 Å². The van der Waals surface area contributed by atoms with Gasteiger partial charge in [-0.05, 0) is 23.3 Å². The van der Waals surface area contributed by atoms with Crippen LogP contribution in [0.15, 0.2) is 83.8 Å². The molecule has 3 nitrogen and oxygen atoms in total. The van der Waals surface area contributed by atoms with Crippen molar-refractivity contribution in [1.29, 1.82) is 0 Å². The highest BCUT2D eigenvalue weighted by Gasteiger charge is 2.28. The molecule has 0 radical (unpaired) electrons. The van der Waals surface area contributed by atoms with Gasteiger partial charge >= 0.3 is 0 Å². The van der Waals surface area contributed by atoms with Crippen LogP contribution in [0.1, 0.15) is 11.1 Å². The van der Waals surface area contributed by atoms with Gasteiger partial charge in [0.15, 0.2) is 0 Å². The molecule has 0 aliphatic carbocycles. The maximum Gasteiger partial charge on any atom is 0.245 e. The van der Waals surface area contributed by atoms with Crippen molar-refractivity contribution < 1.29 is 8.42 Å². The molecule has 0 aliphatic rings. The van der Waals surface area contributed by atoms with E-state index < -0.39 is 10.0 Å². The lowest BCUT2D eigenvalue weighted by Gasteiger charge is -2.23. The summed E-state index contributed by atoms with van der Waals surface area (Å²) >= 11 is 12.2. The molecular formula is C20H17Cl2NO2S. The van der Waals surface area contributed by atoms with Crippen molar-refractivity contribution in [3.63, 3.8) is 0 Å². The van der Waals surface area contributed by atoms with E-state index in [9.17, 15) is 8.42 Å². The van der Waals surface area contributed by atoms with E-state index in [1.165, 1.54) is 10.4 Å². The molecule has 0 saturated heterocycles. The fraction of sp³-hybridized carbons (Fsp3) is 0.100. The monoisotopic (exact) mass is 405 g/mol. The van der Waals surface area contributed by atoms with Crippen LogP contribution in [0.2, 0.25) is 10.0 Å². The minimum absolute atomic E-state index is 0.0125. The molecule has 0 aliphatic heterocycles. The van der Waals surface area contributed by atoms with Crippen LogP contribution in [0, 0.1) is 0 Å². The number of benzene rings is 3. The minimum Gasteiger partial charge on any atom is -0.207 e. The summed E-state index contributed by atoms with van der Waals surface area (Å²) in [5.41, 5.74) is 1.79. The summed E-state index contributed by atoms with van der Waals surface area (Å²) in [4.78, 5) is 0.0125. The highest BCUT2D eigenvalue weighted by Crippen LogP contribution is 2.32. The number of hydrogen-bond donors (Lipinski definition) is 0. The molecule has 0 bridgehead atoms. The molecule has 134 valence electrons. The van der Waals surface area contributed by atoms with Crippen molar-refractivity contribution in [1.82, 2.24) is 4.31 Å². The second-order valence-electron chi connectivity index (χ2n) is 5.80. The zero-order valence-electron chi connectivity index (χ0n) is 13.8. The molecule has 3 aromatic rings. The lowest BCUT2D eigenvalue weighted by molar-refractivity contribution is 0.401. The Morgan fingerprint density at radius 2 is 1.19 bits per heavy atom. The van der Waals surface area contributed by atoms with Gasteiger partial charge < -0.3 is 0 Å². The van der Waals surface area contributed by atoms with E-state index in [2.05, 4.69) is 0 Å². The lowest BCUT2D eigenvalue weighted by atomic mass is 10.2. The molecule has 0 spiro atoms. The zero-order valence-corrected chi connectivity index (χ0v) is 16.2. The molecule has 0 N–H and O–H groups in total. The molecule has 0 atom stereocenters. The Morgan fingerprint density at radius 1 is 0.692 bits per heavy atom. The average Bonchev–Trinajstić information content (AvgIpc) is 2.65. The SMILES string of the molecule is O=S(=O)(c1cccc(Cl)c1Cl)N(Cc1ccccc1)Cc1ccccc1. The van der Waals surface area contributed by atoms with Crippen LogP contribution in [0.5, 0.6) is 0 Å². The molecule has 26 heavy (non-hydrogen) atoms. The van der Waals surface area contributed by atoms with Gasteiger partial charge in [-0.25, -0.2) is 8.42 Å². The molecule has 0 unspecified atom stereocenters. The summed E-state index contributed by atoms with van der Waals surface area (Å²) in [7, 11) is -3.83. The Kier molecular flexibility index (Phi) is 5.99. The van der Waals surface area contributed by atoms with Crippen molar-refractivity contribution in [2.45, 2.75) is 18.0 Å². The van der Waals surface area contributed by atoms with Gasteiger partial charge in [0.05, 0.1) is 10.0 Å². The Labute approximate surface area is 163 Å². The first-order valence-corrected chi connectivity index (χ1v) is 10.2. The topological polar surface area (TPSA) is 37.4 Å². The van der Waals surface area contributed by atoms with Crippen LogP contribution >= 0.6 is 23.2 Å². The fourth-order valence-electron chi connectivity index (χ4n) is 2.62. The van der Waals surface area contributed by atoms with Gasteiger partial charge in [-0.2, -0.15) is 4.31 Å². The van der Waals surface area contributed by atoms with E-state index in [-0.39, 0.29) is 28.0 Å². The first kappa shape index (κ1) is 18.9. The molecular weight excluding hydrogens is 389 g/mol. The molecule has 3 rings (SSSR count). The maximum absolute atomic E-state index is 13.3. The largest absolute Gasteiger partial charge is 0.245 e. The van der Waals surface area contributed by atoms with E-state index in [1.54, 1.807) is 12.1 Å². The Bertz CT molecular complexity index is 936. The number of nitrogens with zero attached hydrogens (tertiary/aromatic N) is 1. The molecule has 6 heteroatoms. The van der Waals surface area contributed by atoms with E-state index in [4.69, 9.17) is 23.2 Å². The third-order valence-corrected chi connectivity index (χ3v) is 6.70. The van der Waals surface area contributed by atoms with Gasteiger partial charge in [0.1, 0.15) is 4.90 Å². The van der Waals surface area contributed by atoms with Gasteiger partial charge in [0.2, 0.25) is 10.0 Å². The Morgan fingerprint density at radius 3 is 1.69 bits per heavy atom. The summed E-state index contributed by atoms with van der Waals surface area (Å²) in [6.45, 7) is 0.474. The van der Waals surface area contributed by atoms with E-state index in [0.29, 0.717) is 0 Å². The number of rotatable bonds is 6. The molecule has 0 heterocycles. The molecule has 3 aromatic carbocycles. The minimum atomic E-state index is -3.83. The predicted molar refractivity (Wildman–Crippen MR) is 106 cm³/mol. The van der Waals surface area contributed by atoms with Gasteiger partial charge in [-0.15, -0.1) is 0 Å². The molecule has 0 amide bonds. The third-order valence-electron chi connectivity index (χ3n) is 3.94. The summed E-state index contributed by atoms with van der Waals surface area (Å²) in [5, 5.41) is 0.257. The van der Waals surface area contributed by atoms with Gasteiger partial charge in [-0.3, -0.25) is 0 Å². The maximum atomic E-state index is 13.3. The number of sulfonamides is 1. The van der Waals surface area contributed by atoms with E-state index in [1.807, 2.05) is 60.7 Å². The predicted octanol–water partition coefficient (Wildman–Crippen LogP) is 5.38. The van der Waals surface area contributed by atoms with E-state index in [0.717, 1.165) is 11.1 Å². The van der Waals surface area contributed by atoms with Gasteiger partial charge in [0, 0.05) is 13.1 Å².